The maximum Gasteiger partial charge on any atom is 0.236 e. The third-order valence-electron chi connectivity index (χ3n) is 3.09. The van der Waals surface area contributed by atoms with Gasteiger partial charge in [-0.1, -0.05) is 0 Å². The van der Waals surface area contributed by atoms with E-state index in [1.165, 1.54) is 0 Å². The zero-order valence-electron chi connectivity index (χ0n) is 10.5. The van der Waals surface area contributed by atoms with E-state index in [1.807, 2.05) is 31.3 Å². The first kappa shape index (κ1) is 12.1. The van der Waals surface area contributed by atoms with Gasteiger partial charge in [0.15, 0.2) is 0 Å². The number of nitrogens with zero attached hydrogens (tertiary/aromatic N) is 3. The molecule has 5 nitrogen and oxygen atoms in total. The summed E-state index contributed by atoms with van der Waals surface area (Å²) in [6.07, 6.45) is 5.12. The van der Waals surface area contributed by atoms with Gasteiger partial charge in [-0.3, -0.25) is 9.48 Å². The van der Waals surface area contributed by atoms with Gasteiger partial charge in [-0.05, 0) is 18.9 Å². The van der Waals surface area contributed by atoms with Crippen LogP contribution in [0.15, 0.2) is 12.3 Å². The van der Waals surface area contributed by atoms with Crippen LogP contribution in [0.4, 0.5) is 0 Å². The summed E-state index contributed by atoms with van der Waals surface area (Å²) in [5, 5.41) is 7.45. The van der Waals surface area contributed by atoms with Crippen molar-refractivity contribution >= 4 is 5.91 Å². The second-order valence-corrected chi connectivity index (χ2v) is 4.64. The molecule has 1 aliphatic rings. The number of carbonyl (C=O) groups excluding carboxylic acids is 1. The van der Waals surface area contributed by atoms with Crippen LogP contribution in [0.25, 0.3) is 0 Å². The lowest BCUT2D eigenvalue weighted by atomic mass is 10.3. The van der Waals surface area contributed by atoms with Gasteiger partial charge in [0.05, 0.1) is 12.2 Å². The number of carbonyl (C=O) groups is 1. The normalized spacial score (nSPS) is 14.9. The Kier molecular flexibility index (Phi) is 3.78. The van der Waals surface area contributed by atoms with E-state index >= 15 is 0 Å². The van der Waals surface area contributed by atoms with E-state index < -0.39 is 0 Å². The number of hydrogen-bond donors (Lipinski definition) is 1. The molecule has 1 saturated carbocycles. The summed E-state index contributed by atoms with van der Waals surface area (Å²) in [4.78, 5) is 13.5. The first-order valence-corrected chi connectivity index (χ1v) is 6.11. The Balaban J connectivity index is 1.61. The Morgan fingerprint density at radius 1 is 1.65 bits per heavy atom. The Morgan fingerprint density at radius 2 is 2.41 bits per heavy atom. The van der Waals surface area contributed by atoms with Gasteiger partial charge in [-0.2, -0.15) is 5.10 Å². The SMILES string of the molecule is CN(C(=O)CNCCc1ccn(C)n1)C1CC1. The smallest absolute Gasteiger partial charge is 0.236 e. The zero-order valence-corrected chi connectivity index (χ0v) is 10.5. The predicted octanol–water partition coefficient (Wildman–Crippen LogP) is 0.173. The van der Waals surface area contributed by atoms with Crippen molar-refractivity contribution in [2.24, 2.45) is 7.05 Å². The lowest BCUT2D eigenvalue weighted by Gasteiger charge is -2.16. The standard InChI is InChI=1S/C12H20N4O/c1-15-8-6-10(14-15)5-7-13-9-12(17)16(2)11-3-4-11/h6,8,11,13H,3-5,7,9H2,1-2H3. The Hall–Kier alpha value is -1.36. The van der Waals surface area contributed by atoms with Crippen LogP contribution in [0.3, 0.4) is 0 Å². The maximum atomic E-state index is 11.7. The van der Waals surface area contributed by atoms with Gasteiger partial charge in [0.2, 0.25) is 5.91 Å². The monoisotopic (exact) mass is 236 g/mol. The summed E-state index contributed by atoms with van der Waals surface area (Å²) >= 11 is 0. The van der Waals surface area contributed by atoms with E-state index in [2.05, 4.69) is 10.4 Å². The molecular formula is C12H20N4O. The molecule has 1 N–H and O–H groups in total. The lowest BCUT2D eigenvalue weighted by Crippen LogP contribution is -2.37. The van der Waals surface area contributed by atoms with E-state index in [4.69, 9.17) is 0 Å². The average molecular weight is 236 g/mol. The molecular weight excluding hydrogens is 216 g/mol. The van der Waals surface area contributed by atoms with Crippen molar-refractivity contribution < 1.29 is 4.79 Å². The Bertz CT molecular complexity index is 384. The fourth-order valence-electron chi connectivity index (χ4n) is 1.80. The number of rotatable bonds is 6. The summed E-state index contributed by atoms with van der Waals surface area (Å²) < 4.78 is 1.79. The summed E-state index contributed by atoms with van der Waals surface area (Å²) in [6, 6.07) is 2.50. The molecule has 0 saturated heterocycles. The molecule has 0 bridgehead atoms. The molecule has 0 radical (unpaired) electrons. The van der Waals surface area contributed by atoms with E-state index in [1.54, 1.807) is 4.68 Å². The van der Waals surface area contributed by atoms with Crippen LogP contribution in [0, 0.1) is 0 Å². The first-order chi connectivity index (χ1) is 8.16. The van der Waals surface area contributed by atoms with Crippen LogP contribution in [0.1, 0.15) is 18.5 Å². The van der Waals surface area contributed by atoms with Crippen molar-refractivity contribution in [1.82, 2.24) is 20.0 Å². The predicted molar refractivity (Wildman–Crippen MR) is 65.6 cm³/mol. The molecule has 0 aromatic carbocycles. The lowest BCUT2D eigenvalue weighted by molar-refractivity contribution is -0.129. The molecule has 17 heavy (non-hydrogen) atoms. The molecule has 2 rings (SSSR count). The largest absolute Gasteiger partial charge is 0.342 e. The number of nitrogens with one attached hydrogen (secondary N) is 1. The third-order valence-corrected chi connectivity index (χ3v) is 3.09. The van der Waals surface area contributed by atoms with Gasteiger partial charge in [-0.25, -0.2) is 0 Å². The molecule has 5 heteroatoms. The topological polar surface area (TPSA) is 50.2 Å². The fourth-order valence-corrected chi connectivity index (χ4v) is 1.80. The minimum absolute atomic E-state index is 0.188. The van der Waals surface area contributed by atoms with E-state index in [0.717, 1.165) is 31.5 Å². The summed E-state index contributed by atoms with van der Waals surface area (Å²) in [6.45, 7) is 1.22. The van der Waals surface area contributed by atoms with E-state index in [9.17, 15) is 4.79 Å². The molecule has 1 aromatic rings. The number of aromatic nitrogens is 2. The highest BCUT2D eigenvalue weighted by molar-refractivity contribution is 5.78. The van der Waals surface area contributed by atoms with Crippen molar-refractivity contribution in [1.29, 1.82) is 0 Å². The summed E-state index contributed by atoms with van der Waals surface area (Å²) in [7, 11) is 3.80. The zero-order chi connectivity index (χ0) is 12.3. The number of amides is 1. The van der Waals surface area contributed by atoms with E-state index in [0.29, 0.717) is 12.6 Å². The minimum atomic E-state index is 0.188. The summed E-state index contributed by atoms with van der Waals surface area (Å²) in [5.41, 5.74) is 1.06. The van der Waals surface area contributed by atoms with Crippen LogP contribution in [-0.2, 0) is 18.3 Å². The first-order valence-electron chi connectivity index (χ1n) is 6.11. The van der Waals surface area contributed by atoms with Gasteiger partial charge in [0.25, 0.3) is 0 Å². The van der Waals surface area contributed by atoms with Crippen LogP contribution < -0.4 is 5.32 Å². The Labute approximate surface area is 102 Å². The number of likely N-dealkylation sites (N-methyl/N-ethyl adjacent to an activating group) is 1. The molecule has 0 unspecified atom stereocenters. The van der Waals surface area contributed by atoms with Crippen molar-refractivity contribution in [3.8, 4) is 0 Å². The Morgan fingerprint density at radius 3 is 3.00 bits per heavy atom. The van der Waals surface area contributed by atoms with Gasteiger partial charge < -0.3 is 10.2 Å². The molecule has 0 atom stereocenters. The van der Waals surface area contributed by atoms with Crippen LogP contribution in [0.5, 0.6) is 0 Å². The van der Waals surface area contributed by atoms with Gasteiger partial charge in [0.1, 0.15) is 0 Å². The molecule has 1 fully saturated rings. The molecule has 1 heterocycles. The van der Waals surface area contributed by atoms with Crippen LogP contribution >= 0.6 is 0 Å². The van der Waals surface area contributed by atoms with E-state index in [-0.39, 0.29) is 5.91 Å². The van der Waals surface area contributed by atoms with Gasteiger partial charge >= 0.3 is 0 Å². The highest BCUT2D eigenvalue weighted by Gasteiger charge is 2.28. The van der Waals surface area contributed by atoms with Gasteiger partial charge in [-0.15, -0.1) is 0 Å². The highest BCUT2D eigenvalue weighted by Crippen LogP contribution is 2.24. The highest BCUT2D eigenvalue weighted by atomic mass is 16.2. The number of hydrogen-bond acceptors (Lipinski definition) is 3. The molecule has 1 aliphatic carbocycles. The average Bonchev–Trinajstić information content (AvgIpc) is 3.07. The van der Waals surface area contributed by atoms with Gasteiger partial charge in [0, 0.05) is 39.3 Å². The third kappa shape index (κ3) is 3.56. The maximum absolute atomic E-state index is 11.7. The van der Waals surface area contributed by atoms with Crippen molar-refractivity contribution in [2.45, 2.75) is 25.3 Å². The molecule has 0 aliphatic heterocycles. The molecule has 0 spiro atoms. The van der Waals surface area contributed by atoms with Crippen molar-refractivity contribution in [3.63, 3.8) is 0 Å². The second kappa shape index (κ2) is 5.31. The van der Waals surface area contributed by atoms with Crippen LogP contribution in [-0.4, -0.2) is 46.8 Å². The molecule has 1 aromatic heterocycles. The minimum Gasteiger partial charge on any atom is -0.342 e. The van der Waals surface area contributed by atoms with Crippen molar-refractivity contribution in [2.75, 3.05) is 20.1 Å². The summed E-state index contributed by atoms with van der Waals surface area (Å²) in [5.74, 6) is 0.188. The quantitative estimate of drug-likeness (QED) is 0.717. The number of aryl methyl sites for hydroxylation is 1. The second-order valence-electron chi connectivity index (χ2n) is 4.64. The molecule has 94 valence electrons. The molecule has 1 amide bonds. The van der Waals surface area contributed by atoms with Crippen molar-refractivity contribution in [3.05, 3.63) is 18.0 Å². The van der Waals surface area contributed by atoms with Crippen LogP contribution in [0.2, 0.25) is 0 Å². The fraction of sp³-hybridized carbons (Fsp3) is 0.667.